The Morgan fingerprint density at radius 3 is 2.75 bits per heavy atom. The Morgan fingerprint density at radius 2 is 1.92 bits per heavy atom. The van der Waals surface area contributed by atoms with Crippen molar-refractivity contribution in [3.05, 3.63) is 0 Å². The zero-order valence-electron chi connectivity index (χ0n) is 7.75. The van der Waals surface area contributed by atoms with Crippen molar-refractivity contribution in [2.45, 2.75) is 44.6 Å². The highest BCUT2D eigenvalue weighted by Crippen LogP contribution is 2.22. The van der Waals surface area contributed by atoms with Gasteiger partial charge in [0.05, 0.1) is 25.4 Å². The van der Waals surface area contributed by atoms with E-state index in [1.165, 1.54) is 0 Å². The molecule has 70 valence electrons. The maximum Gasteiger partial charge on any atom is 0.0988 e. The normalized spacial score (nSPS) is 48.5. The van der Waals surface area contributed by atoms with Crippen molar-refractivity contribution in [3.63, 3.8) is 0 Å². The van der Waals surface area contributed by atoms with E-state index in [0.717, 1.165) is 19.6 Å². The summed E-state index contributed by atoms with van der Waals surface area (Å²) in [4.78, 5) is 0. The molecule has 0 aromatic heterocycles. The molecule has 0 amide bonds. The van der Waals surface area contributed by atoms with Crippen molar-refractivity contribution in [2.24, 2.45) is 0 Å². The van der Waals surface area contributed by atoms with Crippen molar-refractivity contribution < 1.29 is 9.47 Å². The first-order valence-corrected chi connectivity index (χ1v) is 4.76. The maximum atomic E-state index is 5.66. The molecule has 1 N–H and O–H groups in total. The van der Waals surface area contributed by atoms with Crippen molar-refractivity contribution >= 4 is 0 Å². The average Bonchev–Trinajstić information content (AvgIpc) is 2.04. The minimum absolute atomic E-state index is 0.273. The van der Waals surface area contributed by atoms with Crippen LogP contribution in [0.15, 0.2) is 0 Å². The van der Waals surface area contributed by atoms with Crippen LogP contribution in [0.2, 0.25) is 0 Å². The maximum absolute atomic E-state index is 5.66. The number of ether oxygens (including phenoxy) is 2. The Kier molecular flexibility index (Phi) is 2.35. The van der Waals surface area contributed by atoms with E-state index in [2.05, 4.69) is 19.2 Å². The molecule has 3 nitrogen and oxygen atoms in total. The van der Waals surface area contributed by atoms with Gasteiger partial charge < -0.3 is 14.8 Å². The lowest BCUT2D eigenvalue weighted by molar-refractivity contribution is -0.165. The van der Waals surface area contributed by atoms with Crippen LogP contribution in [-0.2, 0) is 9.47 Å². The van der Waals surface area contributed by atoms with Gasteiger partial charge in [0.2, 0.25) is 0 Å². The van der Waals surface area contributed by atoms with Gasteiger partial charge in [-0.25, -0.2) is 0 Å². The monoisotopic (exact) mass is 171 g/mol. The van der Waals surface area contributed by atoms with Gasteiger partial charge in [0, 0.05) is 12.1 Å². The first-order chi connectivity index (χ1) is 5.77. The fourth-order valence-corrected chi connectivity index (χ4v) is 2.21. The van der Waals surface area contributed by atoms with E-state index in [9.17, 15) is 0 Å². The summed E-state index contributed by atoms with van der Waals surface area (Å²) < 4.78 is 11.3. The highest BCUT2D eigenvalue weighted by atomic mass is 16.6. The molecule has 0 aromatic carbocycles. The van der Waals surface area contributed by atoms with E-state index in [1.807, 2.05) is 0 Å². The molecule has 4 atom stereocenters. The zero-order chi connectivity index (χ0) is 8.55. The van der Waals surface area contributed by atoms with Gasteiger partial charge in [-0.05, 0) is 20.3 Å². The second-order valence-corrected chi connectivity index (χ2v) is 3.84. The molecule has 2 fully saturated rings. The number of nitrogens with one attached hydrogen (secondary N) is 1. The summed E-state index contributed by atoms with van der Waals surface area (Å²) >= 11 is 0. The molecule has 2 saturated heterocycles. The Labute approximate surface area is 73.4 Å². The third-order valence-corrected chi connectivity index (χ3v) is 2.72. The van der Waals surface area contributed by atoms with Crippen LogP contribution < -0.4 is 5.32 Å². The smallest absolute Gasteiger partial charge is 0.0988 e. The molecule has 0 saturated carbocycles. The Balaban J connectivity index is 2.01. The number of fused-ring (bicyclic) bond motifs is 1. The SMILES string of the molecule is C[C@H]1CC2OCCOC2[C@@H](C)N1. The second-order valence-electron chi connectivity index (χ2n) is 3.84. The molecule has 0 spiro atoms. The Bertz CT molecular complexity index is 163. The van der Waals surface area contributed by atoms with Crippen LogP contribution in [0, 0.1) is 0 Å². The molecule has 0 radical (unpaired) electrons. The summed E-state index contributed by atoms with van der Waals surface area (Å²) in [6, 6.07) is 0.988. The van der Waals surface area contributed by atoms with Crippen LogP contribution >= 0.6 is 0 Å². The Hall–Kier alpha value is -0.120. The summed E-state index contributed by atoms with van der Waals surface area (Å²) in [6.07, 6.45) is 1.68. The fourth-order valence-electron chi connectivity index (χ4n) is 2.21. The summed E-state index contributed by atoms with van der Waals surface area (Å²) in [5, 5.41) is 3.47. The molecule has 2 heterocycles. The highest BCUT2D eigenvalue weighted by Gasteiger charge is 2.36. The molecule has 2 aliphatic rings. The highest BCUT2D eigenvalue weighted by molar-refractivity contribution is 4.91. The van der Waals surface area contributed by atoms with Crippen LogP contribution in [0.4, 0.5) is 0 Å². The zero-order valence-corrected chi connectivity index (χ0v) is 7.75. The van der Waals surface area contributed by atoms with E-state index in [1.54, 1.807) is 0 Å². The first-order valence-electron chi connectivity index (χ1n) is 4.76. The molecule has 12 heavy (non-hydrogen) atoms. The minimum Gasteiger partial charge on any atom is -0.373 e. The van der Waals surface area contributed by atoms with Crippen molar-refractivity contribution in [2.75, 3.05) is 13.2 Å². The molecular weight excluding hydrogens is 154 g/mol. The van der Waals surface area contributed by atoms with Crippen LogP contribution in [0.5, 0.6) is 0 Å². The lowest BCUT2D eigenvalue weighted by Gasteiger charge is -2.42. The van der Waals surface area contributed by atoms with E-state index in [4.69, 9.17) is 9.47 Å². The molecule has 0 aliphatic carbocycles. The molecule has 0 aromatic rings. The predicted octanol–water partition coefficient (Wildman–Crippen LogP) is 0.541. The van der Waals surface area contributed by atoms with Crippen LogP contribution in [0.25, 0.3) is 0 Å². The molecule has 2 aliphatic heterocycles. The fraction of sp³-hybridized carbons (Fsp3) is 1.00. The second kappa shape index (κ2) is 3.32. The number of rotatable bonds is 0. The van der Waals surface area contributed by atoms with E-state index < -0.39 is 0 Å². The van der Waals surface area contributed by atoms with E-state index in [-0.39, 0.29) is 6.10 Å². The van der Waals surface area contributed by atoms with Gasteiger partial charge in [-0.1, -0.05) is 0 Å². The summed E-state index contributed by atoms with van der Waals surface area (Å²) in [5.41, 5.74) is 0. The van der Waals surface area contributed by atoms with E-state index >= 15 is 0 Å². The lowest BCUT2D eigenvalue weighted by Crippen LogP contribution is -2.58. The van der Waals surface area contributed by atoms with E-state index in [0.29, 0.717) is 18.2 Å². The number of hydrogen-bond acceptors (Lipinski definition) is 3. The predicted molar refractivity (Wildman–Crippen MR) is 46.2 cm³/mol. The topological polar surface area (TPSA) is 30.5 Å². The summed E-state index contributed by atoms with van der Waals surface area (Å²) in [7, 11) is 0. The van der Waals surface area contributed by atoms with Crippen molar-refractivity contribution in [3.8, 4) is 0 Å². The minimum atomic E-state index is 0.273. The number of hydrogen-bond donors (Lipinski definition) is 1. The van der Waals surface area contributed by atoms with Crippen LogP contribution in [0.1, 0.15) is 20.3 Å². The number of piperidine rings is 1. The largest absolute Gasteiger partial charge is 0.373 e. The summed E-state index contributed by atoms with van der Waals surface area (Å²) in [5.74, 6) is 0. The van der Waals surface area contributed by atoms with Gasteiger partial charge >= 0.3 is 0 Å². The molecule has 0 bridgehead atoms. The van der Waals surface area contributed by atoms with Gasteiger partial charge in [-0.3, -0.25) is 0 Å². The Morgan fingerprint density at radius 1 is 1.17 bits per heavy atom. The van der Waals surface area contributed by atoms with Gasteiger partial charge in [0.1, 0.15) is 0 Å². The molecule has 3 heteroatoms. The third kappa shape index (κ3) is 1.49. The molecular formula is C9H17NO2. The lowest BCUT2D eigenvalue weighted by atomic mass is 9.94. The summed E-state index contributed by atoms with van der Waals surface area (Å²) in [6.45, 7) is 5.88. The third-order valence-electron chi connectivity index (χ3n) is 2.72. The van der Waals surface area contributed by atoms with Gasteiger partial charge in [-0.2, -0.15) is 0 Å². The van der Waals surface area contributed by atoms with Crippen molar-refractivity contribution in [1.29, 1.82) is 0 Å². The molecule has 2 unspecified atom stereocenters. The van der Waals surface area contributed by atoms with Crippen molar-refractivity contribution in [1.82, 2.24) is 5.32 Å². The first kappa shape index (κ1) is 8.48. The van der Waals surface area contributed by atoms with Gasteiger partial charge in [-0.15, -0.1) is 0 Å². The van der Waals surface area contributed by atoms with Crippen LogP contribution in [-0.4, -0.2) is 37.5 Å². The quantitative estimate of drug-likeness (QED) is 0.577. The average molecular weight is 171 g/mol. The molecule has 2 rings (SSSR count). The van der Waals surface area contributed by atoms with Crippen LogP contribution in [0.3, 0.4) is 0 Å². The van der Waals surface area contributed by atoms with Gasteiger partial charge in [0.15, 0.2) is 0 Å². The standard InChI is InChI=1S/C9H17NO2/c1-6-5-8-9(7(2)10-6)12-4-3-11-8/h6-10H,3-5H2,1-2H3/t6-,7+,8?,9?/m0/s1. The van der Waals surface area contributed by atoms with Gasteiger partial charge in [0.25, 0.3) is 0 Å².